The van der Waals surface area contributed by atoms with Crippen LogP contribution in [0, 0.1) is 6.92 Å². The highest BCUT2D eigenvalue weighted by atomic mass is 35.5. The van der Waals surface area contributed by atoms with Gasteiger partial charge in [0, 0.05) is 29.2 Å². The second-order valence-electron chi connectivity index (χ2n) is 7.23. The minimum absolute atomic E-state index is 0.0675. The van der Waals surface area contributed by atoms with Gasteiger partial charge in [0.15, 0.2) is 12.4 Å². The van der Waals surface area contributed by atoms with Crippen LogP contribution in [0.15, 0.2) is 42.5 Å². The Morgan fingerprint density at radius 2 is 1.97 bits per heavy atom. The maximum atomic E-state index is 12.2. The van der Waals surface area contributed by atoms with Gasteiger partial charge in [0.25, 0.3) is 5.91 Å². The summed E-state index contributed by atoms with van der Waals surface area (Å²) < 4.78 is 7.80. The minimum atomic E-state index is -0.219. The number of carbonyl (C=O) groups is 1. The summed E-state index contributed by atoms with van der Waals surface area (Å²) in [5.41, 5.74) is 2.60. The smallest absolute Gasteiger partial charge is 0.262 e. The number of nitrogens with one attached hydrogen (secondary N) is 1. The molecular formula is C22H23ClN4O2. The SMILES string of the molecule is Cc1cc(Cl)ccc1OCC(=O)Nc1ccc(-c2nnc3n2CCCCC3)cc1. The van der Waals surface area contributed by atoms with E-state index >= 15 is 0 Å². The Bertz CT molecular complexity index is 1010. The fourth-order valence-corrected chi connectivity index (χ4v) is 3.74. The average Bonchev–Trinajstić information content (AvgIpc) is 2.96. The zero-order valence-electron chi connectivity index (χ0n) is 16.3. The Morgan fingerprint density at radius 3 is 2.76 bits per heavy atom. The summed E-state index contributed by atoms with van der Waals surface area (Å²) in [6, 6.07) is 13.0. The molecular weight excluding hydrogens is 388 g/mol. The molecule has 150 valence electrons. The first-order valence-electron chi connectivity index (χ1n) is 9.81. The van der Waals surface area contributed by atoms with Crippen molar-refractivity contribution < 1.29 is 9.53 Å². The largest absolute Gasteiger partial charge is 0.483 e. The summed E-state index contributed by atoms with van der Waals surface area (Å²) in [7, 11) is 0. The van der Waals surface area contributed by atoms with Gasteiger partial charge in [-0.15, -0.1) is 10.2 Å². The lowest BCUT2D eigenvalue weighted by molar-refractivity contribution is -0.118. The third kappa shape index (κ3) is 4.59. The molecule has 6 nitrogen and oxygen atoms in total. The number of anilines is 1. The predicted octanol–water partition coefficient (Wildman–Crippen LogP) is 4.65. The van der Waals surface area contributed by atoms with Crippen LogP contribution in [0.1, 0.15) is 30.7 Å². The number of fused-ring (bicyclic) bond motifs is 1. The van der Waals surface area contributed by atoms with E-state index in [9.17, 15) is 4.79 Å². The van der Waals surface area contributed by atoms with Crippen molar-refractivity contribution in [1.82, 2.24) is 14.8 Å². The van der Waals surface area contributed by atoms with Gasteiger partial charge in [0.05, 0.1) is 0 Å². The number of halogens is 1. The van der Waals surface area contributed by atoms with Crippen molar-refractivity contribution in [2.75, 3.05) is 11.9 Å². The predicted molar refractivity (Wildman–Crippen MR) is 113 cm³/mol. The van der Waals surface area contributed by atoms with Crippen LogP contribution in [0.2, 0.25) is 5.02 Å². The fraction of sp³-hybridized carbons (Fsp3) is 0.318. The number of nitrogens with zero attached hydrogens (tertiary/aromatic N) is 3. The van der Waals surface area contributed by atoms with Crippen molar-refractivity contribution in [1.29, 1.82) is 0 Å². The van der Waals surface area contributed by atoms with Gasteiger partial charge in [-0.1, -0.05) is 18.0 Å². The summed E-state index contributed by atoms with van der Waals surface area (Å²) >= 11 is 5.94. The van der Waals surface area contributed by atoms with Crippen molar-refractivity contribution in [3.63, 3.8) is 0 Å². The highest BCUT2D eigenvalue weighted by Crippen LogP contribution is 2.24. The molecule has 7 heteroatoms. The maximum absolute atomic E-state index is 12.2. The van der Waals surface area contributed by atoms with Crippen LogP contribution in [-0.2, 0) is 17.8 Å². The number of ether oxygens (including phenoxy) is 1. The zero-order chi connectivity index (χ0) is 20.2. The molecule has 0 saturated heterocycles. The molecule has 2 aromatic carbocycles. The van der Waals surface area contributed by atoms with Crippen LogP contribution in [-0.4, -0.2) is 27.3 Å². The first-order chi connectivity index (χ1) is 14.1. The van der Waals surface area contributed by atoms with E-state index in [2.05, 4.69) is 20.1 Å². The Morgan fingerprint density at radius 1 is 1.14 bits per heavy atom. The van der Waals surface area contributed by atoms with Crippen molar-refractivity contribution in [3.8, 4) is 17.1 Å². The number of aromatic nitrogens is 3. The van der Waals surface area contributed by atoms with E-state index in [4.69, 9.17) is 16.3 Å². The number of amides is 1. The number of carbonyl (C=O) groups excluding carboxylic acids is 1. The maximum Gasteiger partial charge on any atom is 0.262 e. The number of benzene rings is 2. The standard InChI is InChI=1S/C22H23ClN4O2/c1-15-13-17(23)8-11-19(15)29-14-21(28)24-18-9-6-16(7-10-18)22-26-25-20-5-3-2-4-12-27(20)22/h6-11,13H,2-5,12,14H2,1H3,(H,24,28). The monoisotopic (exact) mass is 410 g/mol. The van der Waals surface area contributed by atoms with Gasteiger partial charge in [-0.2, -0.15) is 0 Å². The van der Waals surface area contributed by atoms with E-state index in [1.807, 2.05) is 31.2 Å². The van der Waals surface area contributed by atoms with Crippen molar-refractivity contribution >= 4 is 23.2 Å². The molecule has 0 atom stereocenters. The molecule has 1 amide bonds. The number of rotatable bonds is 5. The molecule has 4 rings (SSSR count). The lowest BCUT2D eigenvalue weighted by Crippen LogP contribution is -2.20. The Labute approximate surface area is 174 Å². The lowest BCUT2D eigenvalue weighted by Gasteiger charge is -2.11. The molecule has 29 heavy (non-hydrogen) atoms. The van der Waals surface area contributed by atoms with Gasteiger partial charge in [0.1, 0.15) is 11.6 Å². The molecule has 1 aliphatic rings. The first-order valence-corrected chi connectivity index (χ1v) is 10.2. The molecule has 1 aliphatic heterocycles. The first kappa shape index (κ1) is 19.5. The van der Waals surface area contributed by atoms with Gasteiger partial charge in [-0.05, 0) is 67.8 Å². The third-order valence-corrected chi connectivity index (χ3v) is 5.27. The summed E-state index contributed by atoms with van der Waals surface area (Å²) in [4.78, 5) is 12.2. The zero-order valence-corrected chi connectivity index (χ0v) is 17.1. The van der Waals surface area contributed by atoms with Crippen LogP contribution >= 0.6 is 11.6 Å². The number of aryl methyl sites for hydroxylation is 2. The van der Waals surface area contributed by atoms with Gasteiger partial charge in [-0.3, -0.25) is 4.79 Å². The van der Waals surface area contributed by atoms with Crippen molar-refractivity contribution in [2.24, 2.45) is 0 Å². The minimum Gasteiger partial charge on any atom is -0.483 e. The number of hydrogen-bond acceptors (Lipinski definition) is 4. The van der Waals surface area contributed by atoms with E-state index in [-0.39, 0.29) is 12.5 Å². The molecule has 0 fully saturated rings. The molecule has 1 N–H and O–H groups in total. The molecule has 0 radical (unpaired) electrons. The topological polar surface area (TPSA) is 69.0 Å². The Kier molecular flexibility index (Phi) is 5.81. The van der Waals surface area contributed by atoms with Crippen molar-refractivity contribution in [2.45, 2.75) is 39.2 Å². The molecule has 2 heterocycles. The second kappa shape index (κ2) is 8.66. The molecule has 0 spiro atoms. The molecule has 0 aliphatic carbocycles. The quantitative estimate of drug-likeness (QED) is 0.664. The van der Waals surface area contributed by atoms with Crippen LogP contribution in [0.25, 0.3) is 11.4 Å². The van der Waals surface area contributed by atoms with Gasteiger partial charge < -0.3 is 14.6 Å². The Balaban J connectivity index is 1.38. The van der Waals surface area contributed by atoms with E-state index in [0.717, 1.165) is 42.2 Å². The number of hydrogen-bond donors (Lipinski definition) is 1. The van der Waals surface area contributed by atoms with Crippen LogP contribution in [0.3, 0.4) is 0 Å². The van der Waals surface area contributed by atoms with E-state index in [1.165, 1.54) is 12.8 Å². The van der Waals surface area contributed by atoms with Crippen LogP contribution in [0.5, 0.6) is 5.75 Å². The average molecular weight is 411 g/mol. The summed E-state index contributed by atoms with van der Waals surface area (Å²) in [5, 5.41) is 12.2. The highest BCUT2D eigenvalue weighted by molar-refractivity contribution is 6.30. The molecule has 0 bridgehead atoms. The van der Waals surface area contributed by atoms with Gasteiger partial charge in [0.2, 0.25) is 0 Å². The van der Waals surface area contributed by atoms with E-state index in [0.29, 0.717) is 16.5 Å². The van der Waals surface area contributed by atoms with E-state index in [1.54, 1.807) is 18.2 Å². The molecule has 0 unspecified atom stereocenters. The summed E-state index contributed by atoms with van der Waals surface area (Å²) in [6.45, 7) is 2.78. The van der Waals surface area contributed by atoms with Crippen molar-refractivity contribution in [3.05, 3.63) is 58.9 Å². The van der Waals surface area contributed by atoms with E-state index < -0.39 is 0 Å². The van der Waals surface area contributed by atoms with Gasteiger partial charge in [-0.25, -0.2) is 0 Å². The molecule has 1 aromatic heterocycles. The third-order valence-electron chi connectivity index (χ3n) is 5.03. The molecule has 3 aromatic rings. The normalized spacial score (nSPS) is 13.4. The summed E-state index contributed by atoms with van der Waals surface area (Å²) in [6.07, 6.45) is 4.53. The Hall–Kier alpha value is -2.86. The fourth-order valence-electron chi connectivity index (χ4n) is 3.52. The highest BCUT2D eigenvalue weighted by Gasteiger charge is 2.16. The van der Waals surface area contributed by atoms with Gasteiger partial charge >= 0.3 is 0 Å². The van der Waals surface area contributed by atoms with Crippen LogP contribution < -0.4 is 10.1 Å². The second-order valence-corrected chi connectivity index (χ2v) is 7.66. The summed E-state index contributed by atoms with van der Waals surface area (Å²) in [5.74, 6) is 2.38. The molecule has 0 saturated carbocycles. The lowest BCUT2D eigenvalue weighted by atomic mass is 10.2. The van der Waals surface area contributed by atoms with Crippen LogP contribution in [0.4, 0.5) is 5.69 Å².